The Labute approximate surface area is 127 Å². The van der Waals surface area contributed by atoms with Crippen molar-refractivity contribution in [2.45, 2.75) is 6.92 Å². The summed E-state index contributed by atoms with van der Waals surface area (Å²) in [6.07, 6.45) is 3.54. The molecule has 106 valence electrons. The topological polar surface area (TPSA) is 50.8 Å². The molecular formula is C16H14ClN3O. The van der Waals surface area contributed by atoms with Gasteiger partial charge in [0.25, 0.3) is 0 Å². The van der Waals surface area contributed by atoms with E-state index in [4.69, 9.17) is 16.3 Å². The predicted molar refractivity (Wildman–Crippen MR) is 83.6 cm³/mol. The van der Waals surface area contributed by atoms with Crippen molar-refractivity contribution in [1.29, 1.82) is 0 Å². The first-order valence-corrected chi connectivity index (χ1v) is 6.87. The number of halogens is 1. The van der Waals surface area contributed by atoms with Crippen molar-refractivity contribution in [2.75, 3.05) is 7.11 Å². The minimum Gasteiger partial charge on any atom is -0.496 e. The van der Waals surface area contributed by atoms with Gasteiger partial charge in [-0.15, -0.1) is 0 Å². The first kappa shape index (κ1) is 13.6. The van der Waals surface area contributed by atoms with Gasteiger partial charge in [-0.2, -0.15) is 0 Å². The van der Waals surface area contributed by atoms with Crippen molar-refractivity contribution in [3.63, 3.8) is 0 Å². The van der Waals surface area contributed by atoms with E-state index in [9.17, 15) is 0 Å². The number of rotatable bonds is 3. The van der Waals surface area contributed by atoms with Gasteiger partial charge in [-0.25, -0.2) is 4.98 Å². The summed E-state index contributed by atoms with van der Waals surface area (Å²) in [6.45, 7) is 1.99. The average molecular weight is 300 g/mol. The molecule has 0 unspecified atom stereocenters. The van der Waals surface area contributed by atoms with Gasteiger partial charge in [0.2, 0.25) is 0 Å². The molecule has 0 fully saturated rings. The van der Waals surface area contributed by atoms with E-state index in [0.717, 1.165) is 28.3 Å². The molecule has 0 amide bonds. The number of hydrogen-bond acceptors (Lipinski definition) is 3. The van der Waals surface area contributed by atoms with Crippen molar-refractivity contribution in [2.24, 2.45) is 0 Å². The highest BCUT2D eigenvalue weighted by atomic mass is 35.5. The number of aromatic amines is 1. The van der Waals surface area contributed by atoms with Crippen LogP contribution in [0.5, 0.6) is 5.75 Å². The number of aromatic nitrogens is 3. The van der Waals surface area contributed by atoms with E-state index in [-0.39, 0.29) is 0 Å². The lowest BCUT2D eigenvalue weighted by molar-refractivity contribution is 0.416. The Bertz CT molecular complexity index is 768. The van der Waals surface area contributed by atoms with Crippen LogP contribution in [0, 0.1) is 6.92 Å². The molecule has 0 bridgehead atoms. The van der Waals surface area contributed by atoms with E-state index >= 15 is 0 Å². The number of nitrogens with zero attached hydrogens (tertiary/aromatic N) is 2. The second-order valence-corrected chi connectivity index (χ2v) is 5.08. The van der Waals surface area contributed by atoms with Gasteiger partial charge in [0.15, 0.2) is 0 Å². The Hall–Kier alpha value is -2.33. The molecule has 2 heterocycles. The van der Waals surface area contributed by atoms with Crippen LogP contribution in [0.15, 0.2) is 42.7 Å². The van der Waals surface area contributed by atoms with E-state index in [1.165, 1.54) is 0 Å². The fourth-order valence-corrected chi connectivity index (χ4v) is 2.39. The largest absolute Gasteiger partial charge is 0.496 e. The van der Waals surface area contributed by atoms with Gasteiger partial charge in [0, 0.05) is 28.7 Å². The van der Waals surface area contributed by atoms with Gasteiger partial charge in [-0.3, -0.25) is 4.98 Å². The zero-order valence-electron chi connectivity index (χ0n) is 11.7. The third kappa shape index (κ3) is 2.62. The van der Waals surface area contributed by atoms with Crippen LogP contribution in [0.25, 0.3) is 22.6 Å². The molecular weight excluding hydrogens is 286 g/mol. The number of benzene rings is 1. The number of pyridine rings is 1. The molecule has 1 aromatic carbocycles. The molecule has 1 N–H and O–H groups in total. The Morgan fingerprint density at radius 3 is 2.81 bits per heavy atom. The van der Waals surface area contributed by atoms with Crippen LogP contribution in [0.1, 0.15) is 5.69 Å². The molecule has 0 saturated heterocycles. The van der Waals surface area contributed by atoms with Crippen molar-refractivity contribution in [1.82, 2.24) is 15.0 Å². The number of aryl methyl sites for hydroxylation is 1. The van der Waals surface area contributed by atoms with Gasteiger partial charge >= 0.3 is 0 Å². The second kappa shape index (κ2) is 5.58. The number of ether oxygens (including phenoxy) is 1. The zero-order valence-corrected chi connectivity index (χ0v) is 12.5. The van der Waals surface area contributed by atoms with Gasteiger partial charge in [-0.05, 0) is 37.3 Å². The van der Waals surface area contributed by atoms with Crippen LogP contribution < -0.4 is 4.74 Å². The summed E-state index contributed by atoms with van der Waals surface area (Å²) in [6, 6.07) is 9.37. The van der Waals surface area contributed by atoms with E-state index in [2.05, 4.69) is 15.0 Å². The molecule has 2 aromatic heterocycles. The molecule has 0 atom stereocenters. The Kier molecular flexibility index (Phi) is 3.62. The van der Waals surface area contributed by atoms with Crippen LogP contribution >= 0.6 is 11.6 Å². The van der Waals surface area contributed by atoms with E-state index in [1.54, 1.807) is 25.6 Å². The predicted octanol–water partition coefficient (Wildman–Crippen LogP) is 4.11. The molecule has 0 aliphatic rings. The van der Waals surface area contributed by atoms with Gasteiger partial charge in [0.1, 0.15) is 11.6 Å². The van der Waals surface area contributed by atoms with Crippen LogP contribution in [0.3, 0.4) is 0 Å². The maximum atomic E-state index is 6.00. The summed E-state index contributed by atoms with van der Waals surface area (Å²) in [5, 5.41) is 0.631. The smallest absolute Gasteiger partial charge is 0.142 e. The summed E-state index contributed by atoms with van der Waals surface area (Å²) >= 11 is 6.00. The number of methoxy groups -OCH3 is 1. The summed E-state index contributed by atoms with van der Waals surface area (Å²) in [5.41, 5.74) is 3.72. The average Bonchev–Trinajstić information content (AvgIpc) is 2.89. The molecule has 0 saturated carbocycles. The molecule has 3 aromatic rings. The third-order valence-electron chi connectivity index (χ3n) is 3.24. The summed E-state index contributed by atoms with van der Waals surface area (Å²) in [5.74, 6) is 1.44. The number of nitrogens with one attached hydrogen (secondary N) is 1. The standard InChI is InChI=1S/C16H14ClN3O/c1-10-15(11-4-3-7-18-9-11)20-16(19-10)13-6-5-12(17)8-14(13)21-2/h3-9H,1-2H3,(H,19,20). The molecule has 21 heavy (non-hydrogen) atoms. The summed E-state index contributed by atoms with van der Waals surface area (Å²) in [7, 11) is 1.62. The quantitative estimate of drug-likeness (QED) is 0.792. The molecule has 5 heteroatoms. The molecule has 4 nitrogen and oxygen atoms in total. The fourth-order valence-electron chi connectivity index (χ4n) is 2.23. The highest BCUT2D eigenvalue weighted by molar-refractivity contribution is 6.30. The SMILES string of the molecule is COc1cc(Cl)ccc1-c1nc(-c2cccnc2)c(C)[nH]1. The van der Waals surface area contributed by atoms with Gasteiger partial charge in [0.05, 0.1) is 18.4 Å². The van der Waals surface area contributed by atoms with Crippen LogP contribution in [-0.4, -0.2) is 22.1 Å². The molecule has 3 rings (SSSR count). The normalized spacial score (nSPS) is 10.6. The Morgan fingerprint density at radius 2 is 2.10 bits per heavy atom. The van der Waals surface area contributed by atoms with Crippen LogP contribution in [0.2, 0.25) is 5.02 Å². The van der Waals surface area contributed by atoms with Crippen molar-refractivity contribution in [3.05, 3.63) is 53.4 Å². The third-order valence-corrected chi connectivity index (χ3v) is 3.47. The maximum Gasteiger partial charge on any atom is 0.142 e. The van der Waals surface area contributed by atoms with Crippen molar-refractivity contribution in [3.8, 4) is 28.4 Å². The van der Waals surface area contributed by atoms with E-state index in [1.807, 2.05) is 31.2 Å². The van der Waals surface area contributed by atoms with Gasteiger partial charge < -0.3 is 9.72 Å². The molecule has 0 aliphatic heterocycles. The number of hydrogen-bond donors (Lipinski definition) is 1. The molecule has 0 radical (unpaired) electrons. The minimum absolute atomic E-state index is 0.631. The minimum atomic E-state index is 0.631. The highest BCUT2D eigenvalue weighted by Crippen LogP contribution is 2.32. The lowest BCUT2D eigenvalue weighted by atomic mass is 10.2. The molecule has 0 aliphatic carbocycles. The second-order valence-electron chi connectivity index (χ2n) is 4.65. The number of imidazole rings is 1. The monoisotopic (exact) mass is 299 g/mol. The van der Waals surface area contributed by atoms with Crippen LogP contribution in [-0.2, 0) is 0 Å². The lowest BCUT2D eigenvalue weighted by Gasteiger charge is -2.06. The van der Waals surface area contributed by atoms with Crippen molar-refractivity contribution >= 4 is 11.6 Å². The van der Waals surface area contributed by atoms with E-state index < -0.39 is 0 Å². The van der Waals surface area contributed by atoms with Crippen molar-refractivity contribution < 1.29 is 4.74 Å². The Balaban J connectivity index is 2.10. The maximum absolute atomic E-state index is 6.00. The number of H-pyrrole nitrogens is 1. The fraction of sp³-hybridized carbons (Fsp3) is 0.125. The highest BCUT2D eigenvalue weighted by Gasteiger charge is 2.14. The summed E-state index contributed by atoms with van der Waals surface area (Å²) in [4.78, 5) is 12.1. The first-order valence-electron chi connectivity index (χ1n) is 6.50. The van der Waals surface area contributed by atoms with Crippen LogP contribution in [0.4, 0.5) is 0 Å². The molecule has 0 spiro atoms. The Morgan fingerprint density at radius 1 is 1.24 bits per heavy atom. The zero-order chi connectivity index (χ0) is 14.8. The van der Waals surface area contributed by atoms with Gasteiger partial charge in [-0.1, -0.05) is 11.6 Å². The first-order chi connectivity index (χ1) is 10.2. The lowest BCUT2D eigenvalue weighted by Crippen LogP contribution is -1.89. The summed E-state index contributed by atoms with van der Waals surface area (Å²) < 4.78 is 5.38. The van der Waals surface area contributed by atoms with E-state index in [0.29, 0.717) is 10.8 Å².